The average Bonchev–Trinajstić information content (AvgIpc) is 3.36. The topological polar surface area (TPSA) is 97.3 Å². The molecule has 2 aromatic carbocycles. The smallest absolute Gasteiger partial charge is 0.220 e. The quantitative estimate of drug-likeness (QED) is 0.301. The molecule has 2 unspecified atom stereocenters. The van der Waals surface area contributed by atoms with E-state index in [0.29, 0.717) is 86.9 Å². The zero-order valence-corrected chi connectivity index (χ0v) is 21.9. The van der Waals surface area contributed by atoms with Crippen LogP contribution in [0.3, 0.4) is 0 Å². The number of nitrogens with zero attached hydrogens (tertiary/aromatic N) is 1. The second-order valence-corrected chi connectivity index (χ2v) is 9.88. The maximum atomic E-state index is 13.8. The first-order valence-electron chi connectivity index (χ1n) is 13.3. The Balaban J connectivity index is 1.27. The lowest BCUT2D eigenvalue weighted by atomic mass is 10.00. The van der Waals surface area contributed by atoms with Gasteiger partial charge < -0.3 is 24.6 Å². The number of aliphatic hydroxyl groups excluding tert-OH is 1. The van der Waals surface area contributed by atoms with Gasteiger partial charge in [-0.25, -0.2) is 4.39 Å². The molecule has 2 N–H and O–H groups in total. The number of halogens is 1. The number of carbonyl (C=O) groups excluding carboxylic acids is 2. The van der Waals surface area contributed by atoms with Gasteiger partial charge in [-0.05, 0) is 61.2 Å². The van der Waals surface area contributed by atoms with Gasteiger partial charge in [0.25, 0.3) is 0 Å². The van der Waals surface area contributed by atoms with Crippen molar-refractivity contribution in [3.8, 4) is 17.2 Å². The molecule has 8 nitrogen and oxygen atoms in total. The average molecular weight is 529 g/mol. The van der Waals surface area contributed by atoms with Gasteiger partial charge in [0.2, 0.25) is 5.91 Å². The van der Waals surface area contributed by atoms with Crippen molar-refractivity contribution in [3.05, 3.63) is 53.6 Å². The van der Waals surface area contributed by atoms with Crippen molar-refractivity contribution in [3.63, 3.8) is 0 Å². The lowest BCUT2D eigenvalue weighted by Gasteiger charge is -2.29. The van der Waals surface area contributed by atoms with E-state index in [4.69, 9.17) is 14.2 Å². The summed E-state index contributed by atoms with van der Waals surface area (Å²) in [6.45, 7) is 2.14. The van der Waals surface area contributed by atoms with Crippen LogP contribution in [-0.2, 0) is 4.79 Å². The van der Waals surface area contributed by atoms with Gasteiger partial charge in [-0.1, -0.05) is 12.5 Å². The van der Waals surface area contributed by atoms with Crippen molar-refractivity contribution >= 4 is 11.7 Å². The Hall–Kier alpha value is -3.17. The molecule has 0 radical (unpaired) electrons. The Morgan fingerprint density at radius 1 is 1.08 bits per heavy atom. The van der Waals surface area contributed by atoms with Gasteiger partial charge in [0.05, 0.1) is 13.2 Å². The van der Waals surface area contributed by atoms with Crippen LogP contribution in [0.15, 0.2) is 42.5 Å². The van der Waals surface area contributed by atoms with Gasteiger partial charge in [0, 0.05) is 38.0 Å². The van der Waals surface area contributed by atoms with Gasteiger partial charge in [-0.3, -0.25) is 14.5 Å². The fourth-order valence-electron chi connectivity index (χ4n) is 4.88. The van der Waals surface area contributed by atoms with E-state index in [-0.39, 0.29) is 18.1 Å². The number of hydrogen-bond acceptors (Lipinski definition) is 7. The third-order valence-electron chi connectivity index (χ3n) is 7.02. The minimum atomic E-state index is -0.990. The maximum absolute atomic E-state index is 13.8. The first-order valence-corrected chi connectivity index (χ1v) is 13.3. The highest BCUT2D eigenvalue weighted by Crippen LogP contribution is 2.33. The standard InChI is InChI=1S/C29H37FN2O6/c1-36-23-10-7-20(8-11-23)25(33)5-3-2-4-6-28(34)31-24(19-32-14-13-22(30)18-32)29(35)21-9-12-26-27(17-21)38-16-15-37-26/h7-12,17,22,24,29,35H,2-6,13-16,18-19H2,1H3,(H,31,34)/t22?,24-,29?/m1/s1. The van der Waals surface area contributed by atoms with E-state index in [9.17, 15) is 19.1 Å². The monoisotopic (exact) mass is 528 g/mol. The lowest BCUT2D eigenvalue weighted by molar-refractivity contribution is -0.123. The lowest BCUT2D eigenvalue weighted by Crippen LogP contribution is -2.46. The van der Waals surface area contributed by atoms with E-state index >= 15 is 0 Å². The van der Waals surface area contributed by atoms with Crippen LogP contribution in [-0.4, -0.2) is 73.9 Å². The molecule has 0 spiro atoms. The third-order valence-corrected chi connectivity index (χ3v) is 7.02. The largest absolute Gasteiger partial charge is 0.497 e. The number of carbonyl (C=O) groups is 2. The molecule has 2 aromatic rings. The predicted molar refractivity (Wildman–Crippen MR) is 141 cm³/mol. The molecule has 0 bridgehead atoms. The molecule has 0 aromatic heterocycles. The van der Waals surface area contributed by atoms with Crippen LogP contribution in [0.5, 0.6) is 17.2 Å². The number of likely N-dealkylation sites (tertiary alicyclic amines) is 1. The molecule has 2 aliphatic heterocycles. The molecule has 4 rings (SSSR count). The van der Waals surface area contributed by atoms with Crippen molar-refractivity contribution < 1.29 is 33.3 Å². The van der Waals surface area contributed by atoms with Crippen molar-refractivity contribution in [1.82, 2.24) is 10.2 Å². The summed E-state index contributed by atoms with van der Waals surface area (Å²) in [5.74, 6) is 1.78. The van der Waals surface area contributed by atoms with E-state index in [1.807, 2.05) is 4.90 Å². The molecule has 9 heteroatoms. The number of methoxy groups -OCH3 is 1. The van der Waals surface area contributed by atoms with Crippen molar-refractivity contribution in [2.75, 3.05) is 40.0 Å². The van der Waals surface area contributed by atoms with E-state index in [1.54, 1.807) is 49.6 Å². The van der Waals surface area contributed by atoms with Crippen LogP contribution >= 0.6 is 0 Å². The zero-order chi connectivity index (χ0) is 26.9. The molecule has 1 fully saturated rings. The third kappa shape index (κ3) is 7.68. The van der Waals surface area contributed by atoms with Crippen LogP contribution < -0.4 is 19.5 Å². The fourth-order valence-corrected chi connectivity index (χ4v) is 4.88. The number of amides is 1. The number of ketones is 1. The maximum Gasteiger partial charge on any atom is 0.220 e. The summed E-state index contributed by atoms with van der Waals surface area (Å²) in [4.78, 5) is 27.1. The van der Waals surface area contributed by atoms with Gasteiger partial charge in [-0.2, -0.15) is 0 Å². The van der Waals surface area contributed by atoms with E-state index in [1.165, 1.54) is 0 Å². The first kappa shape index (κ1) is 27.9. The van der Waals surface area contributed by atoms with E-state index < -0.39 is 18.3 Å². The van der Waals surface area contributed by atoms with Gasteiger partial charge in [-0.15, -0.1) is 0 Å². The molecule has 1 saturated heterocycles. The van der Waals surface area contributed by atoms with Crippen molar-refractivity contribution in [2.24, 2.45) is 0 Å². The molecule has 0 saturated carbocycles. The number of aliphatic hydroxyl groups is 1. The Kier molecular flexibility index (Phi) is 9.95. The molecule has 38 heavy (non-hydrogen) atoms. The highest BCUT2D eigenvalue weighted by molar-refractivity contribution is 5.96. The van der Waals surface area contributed by atoms with Crippen LogP contribution in [0.1, 0.15) is 60.6 Å². The molecular formula is C29H37FN2O6. The number of rotatable bonds is 13. The normalized spacial score (nSPS) is 18.6. The van der Waals surface area contributed by atoms with Crippen molar-refractivity contribution in [2.45, 2.75) is 56.8 Å². The predicted octanol–water partition coefficient (Wildman–Crippen LogP) is 3.86. The summed E-state index contributed by atoms with van der Waals surface area (Å²) in [7, 11) is 1.58. The van der Waals surface area contributed by atoms with E-state index in [0.717, 1.165) is 6.42 Å². The highest BCUT2D eigenvalue weighted by Gasteiger charge is 2.30. The summed E-state index contributed by atoms with van der Waals surface area (Å²) in [6, 6.07) is 11.7. The molecule has 206 valence electrons. The number of ether oxygens (including phenoxy) is 3. The number of Topliss-reactive ketones (excluding diaryl/α,β-unsaturated/α-hetero) is 1. The number of unbranched alkanes of at least 4 members (excludes halogenated alkanes) is 2. The summed E-state index contributed by atoms with van der Waals surface area (Å²) in [5.41, 5.74) is 1.25. The number of nitrogens with one attached hydrogen (secondary N) is 1. The Morgan fingerprint density at radius 2 is 1.82 bits per heavy atom. The number of benzene rings is 2. The van der Waals surface area contributed by atoms with Gasteiger partial charge >= 0.3 is 0 Å². The second kappa shape index (κ2) is 13.6. The van der Waals surface area contributed by atoms with Crippen LogP contribution in [0.4, 0.5) is 4.39 Å². The molecule has 2 heterocycles. The van der Waals surface area contributed by atoms with Crippen LogP contribution in [0.2, 0.25) is 0 Å². The number of alkyl halides is 1. The molecule has 3 atom stereocenters. The SMILES string of the molecule is COc1ccc(C(=O)CCCCCC(=O)N[C@H](CN2CCC(F)C2)C(O)c2ccc3c(c2)OCCO3)cc1. The zero-order valence-electron chi connectivity index (χ0n) is 21.9. The number of hydrogen-bond donors (Lipinski definition) is 2. The van der Waals surface area contributed by atoms with Gasteiger partial charge in [0.15, 0.2) is 17.3 Å². The molecule has 0 aliphatic carbocycles. The van der Waals surface area contributed by atoms with Crippen LogP contribution in [0, 0.1) is 0 Å². The summed E-state index contributed by atoms with van der Waals surface area (Å²) in [5, 5.41) is 14.2. The molecule has 2 aliphatic rings. The minimum absolute atomic E-state index is 0.0662. The summed E-state index contributed by atoms with van der Waals surface area (Å²) < 4.78 is 30.1. The first-order chi connectivity index (χ1) is 18.4. The Morgan fingerprint density at radius 3 is 2.53 bits per heavy atom. The number of fused-ring (bicyclic) bond motifs is 1. The van der Waals surface area contributed by atoms with Crippen LogP contribution in [0.25, 0.3) is 0 Å². The summed E-state index contributed by atoms with van der Waals surface area (Å²) in [6.07, 6.45) is 1.33. The fraction of sp³-hybridized carbons (Fsp3) is 0.517. The second-order valence-electron chi connectivity index (χ2n) is 9.88. The Labute approximate surface area is 223 Å². The Bertz CT molecular complexity index is 1080. The minimum Gasteiger partial charge on any atom is -0.497 e. The molecule has 1 amide bonds. The summed E-state index contributed by atoms with van der Waals surface area (Å²) >= 11 is 0. The van der Waals surface area contributed by atoms with E-state index in [2.05, 4.69) is 5.32 Å². The highest BCUT2D eigenvalue weighted by atomic mass is 19.1. The molecular weight excluding hydrogens is 491 g/mol. The van der Waals surface area contributed by atoms with Gasteiger partial charge in [0.1, 0.15) is 31.2 Å². The van der Waals surface area contributed by atoms with Crippen molar-refractivity contribution in [1.29, 1.82) is 0 Å².